The van der Waals surface area contributed by atoms with E-state index in [1.54, 1.807) is 13.2 Å². The van der Waals surface area contributed by atoms with E-state index in [1.807, 2.05) is 36.5 Å². The lowest BCUT2D eigenvalue weighted by atomic mass is 9.82. The highest BCUT2D eigenvalue weighted by Gasteiger charge is 2.39. The molecule has 0 radical (unpaired) electrons. The summed E-state index contributed by atoms with van der Waals surface area (Å²) in [7, 11) is 0.824. The molecule has 0 aliphatic heterocycles. The zero-order chi connectivity index (χ0) is 32.7. The molecule has 0 saturated carbocycles. The molecule has 1 aliphatic rings. The Kier molecular flexibility index (Phi) is 8.85. The summed E-state index contributed by atoms with van der Waals surface area (Å²) in [5.74, 6) is 0.226. The number of H-pyrrole nitrogens is 1. The number of benzene rings is 3. The number of aryl methyl sites for hydroxylation is 2. The van der Waals surface area contributed by atoms with Crippen LogP contribution >= 0.6 is 0 Å². The monoisotopic (exact) mass is 638 g/mol. The van der Waals surface area contributed by atoms with Crippen molar-refractivity contribution in [3.8, 4) is 22.6 Å². The predicted molar refractivity (Wildman–Crippen MR) is 174 cm³/mol. The largest absolute Gasteiger partial charge is 0.493 e. The topological polar surface area (TPSA) is 72.6 Å². The van der Waals surface area contributed by atoms with E-state index in [4.69, 9.17) is 13.9 Å². The summed E-state index contributed by atoms with van der Waals surface area (Å²) in [6.45, 7) is 10.8. The SMILES string of the molecule is COc1cc2c(cc1OC)-c1cc(C(=O)N[C@@H](CO[Si](C)(C)C(C)(C)C)Cc3c[nH]c4ccccc34)c(C(F)(F)F)cc1CC2. The normalized spacial score (nSPS) is 14.1. The first kappa shape index (κ1) is 32.6. The van der Waals surface area contributed by atoms with Crippen molar-refractivity contribution in [1.82, 2.24) is 10.3 Å². The summed E-state index contributed by atoms with van der Waals surface area (Å²) in [5, 5.41) is 3.86. The van der Waals surface area contributed by atoms with Crippen molar-refractivity contribution in [3.05, 3.63) is 82.5 Å². The van der Waals surface area contributed by atoms with Crippen LogP contribution < -0.4 is 14.8 Å². The van der Waals surface area contributed by atoms with E-state index in [0.717, 1.165) is 33.7 Å². The second-order valence-corrected chi connectivity index (χ2v) is 18.0. The Morgan fingerprint density at radius 2 is 1.58 bits per heavy atom. The molecule has 0 saturated heterocycles. The second kappa shape index (κ2) is 12.2. The number of hydrogen-bond acceptors (Lipinski definition) is 4. The number of carbonyl (C=O) groups is 1. The van der Waals surface area contributed by atoms with Crippen LogP contribution in [0.3, 0.4) is 0 Å². The van der Waals surface area contributed by atoms with Gasteiger partial charge in [0.05, 0.1) is 38.0 Å². The molecule has 0 bridgehead atoms. The fraction of sp³-hybridized carbons (Fsp3) is 0.400. The maximum Gasteiger partial charge on any atom is 0.417 e. The highest BCUT2D eigenvalue weighted by Crippen LogP contribution is 2.44. The van der Waals surface area contributed by atoms with Crippen molar-refractivity contribution in [2.75, 3.05) is 20.8 Å². The van der Waals surface area contributed by atoms with E-state index in [2.05, 4.69) is 44.2 Å². The molecule has 1 atom stereocenters. The van der Waals surface area contributed by atoms with Gasteiger partial charge >= 0.3 is 6.18 Å². The molecule has 0 fully saturated rings. The standard InChI is InChI=1S/C35H41F3N2O4Si/c1-34(2,3)45(6,7)44-20-24(14-23-19-39-30-11-9-8-10-25(23)30)40-33(41)28-17-26-21(15-29(28)35(36,37)38)12-13-22-16-31(42-4)32(43-5)18-27(22)26/h8-11,15-19,24,39H,12-14,20H2,1-7H3,(H,40,41)/t24-/m1/s1. The van der Waals surface area contributed by atoms with Crippen molar-refractivity contribution in [2.24, 2.45) is 0 Å². The molecular formula is C35H41F3N2O4Si. The molecule has 0 spiro atoms. The summed E-state index contributed by atoms with van der Waals surface area (Å²) in [6, 6.07) is 13.4. The van der Waals surface area contributed by atoms with E-state index in [-0.39, 0.29) is 11.6 Å². The number of aromatic amines is 1. The quantitative estimate of drug-likeness (QED) is 0.181. The van der Waals surface area contributed by atoms with Gasteiger partial charge in [0.25, 0.3) is 5.91 Å². The van der Waals surface area contributed by atoms with Crippen molar-refractivity contribution < 1.29 is 31.9 Å². The lowest BCUT2D eigenvalue weighted by molar-refractivity contribution is -0.138. The summed E-state index contributed by atoms with van der Waals surface area (Å²) >= 11 is 0. The highest BCUT2D eigenvalue weighted by atomic mass is 28.4. The molecule has 5 rings (SSSR count). The highest BCUT2D eigenvalue weighted by molar-refractivity contribution is 6.74. The maximum atomic E-state index is 14.5. The van der Waals surface area contributed by atoms with E-state index >= 15 is 0 Å². The number of carbonyl (C=O) groups excluding carboxylic acids is 1. The zero-order valence-electron chi connectivity index (χ0n) is 26.9. The van der Waals surface area contributed by atoms with Gasteiger partial charge in [-0.05, 0) is 95.5 Å². The molecule has 1 amide bonds. The van der Waals surface area contributed by atoms with Crippen LogP contribution in [0.15, 0.2) is 54.7 Å². The van der Waals surface area contributed by atoms with Crippen molar-refractivity contribution in [3.63, 3.8) is 0 Å². The van der Waals surface area contributed by atoms with Gasteiger partial charge in [0.1, 0.15) is 0 Å². The minimum Gasteiger partial charge on any atom is -0.493 e. The van der Waals surface area contributed by atoms with Crippen LogP contribution in [0.1, 0.15) is 53.4 Å². The van der Waals surface area contributed by atoms with Gasteiger partial charge < -0.3 is 24.2 Å². The van der Waals surface area contributed by atoms with Crippen molar-refractivity contribution in [1.29, 1.82) is 0 Å². The number of ether oxygens (including phenoxy) is 2. The third-order valence-electron chi connectivity index (χ3n) is 9.28. The first-order valence-corrected chi connectivity index (χ1v) is 18.0. The van der Waals surface area contributed by atoms with Crippen molar-refractivity contribution in [2.45, 2.75) is 70.4 Å². The molecule has 3 aromatic carbocycles. The summed E-state index contributed by atoms with van der Waals surface area (Å²) in [5.41, 5.74) is 3.31. The smallest absolute Gasteiger partial charge is 0.417 e. The van der Waals surface area contributed by atoms with Crippen LogP contribution in [-0.4, -0.2) is 46.1 Å². The average Bonchev–Trinajstić information content (AvgIpc) is 3.39. The molecule has 2 N–H and O–H groups in total. The Balaban J connectivity index is 1.54. The van der Waals surface area contributed by atoms with E-state index in [0.29, 0.717) is 41.9 Å². The Labute approximate surface area is 263 Å². The summed E-state index contributed by atoms with van der Waals surface area (Å²) < 4.78 is 61.0. The first-order valence-electron chi connectivity index (χ1n) is 15.1. The number of halogens is 3. The Bertz CT molecular complexity index is 1720. The lowest BCUT2D eigenvalue weighted by Crippen LogP contribution is -2.47. The minimum atomic E-state index is -4.72. The van der Waals surface area contributed by atoms with Gasteiger partial charge in [-0.15, -0.1) is 0 Å². The Morgan fingerprint density at radius 3 is 2.22 bits per heavy atom. The number of aromatic nitrogens is 1. The van der Waals surface area contributed by atoms with Crippen LogP contribution in [-0.2, 0) is 29.9 Å². The predicted octanol–water partition coefficient (Wildman–Crippen LogP) is 8.33. The molecule has 45 heavy (non-hydrogen) atoms. The molecule has 4 aromatic rings. The number of alkyl halides is 3. The van der Waals surface area contributed by atoms with Gasteiger partial charge in [0, 0.05) is 17.1 Å². The number of rotatable bonds is 9. The van der Waals surface area contributed by atoms with Crippen molar-refractivity contribution >= 4 is 25.1 Å². The van der Waals surface area contributed by atoms with Gasteiger partial charge in [-0.25, -0.2) is 0 Å². The molecule has 6 nitrogen and oxygen atoms in total. The van der Waals surface area contributed by atoms with Gasteiger partial charge in [0.2, 0.25) is 0 Å². The third kappa shape index (κ3) is 6.62. The zero-order valence-corrected chi connectivity index (χ0v) is 27.9. The maximum absolute atomic E-state index is 14.5. The Hall–Kier alpha value is -3.76. The molecule has 1 aliphatic carbocycles. The molecular weight excluding hydrogens is 597 g/mol. The number of fused-ring (bicyclic) bond motifs is 4. The van der Waals surface area contributed by atoms with Crippen LogP contribution in [0.5, 0.6) is 11.5 Å². The molecule has 240 valence electrons. The molecule has 0 unspecified atom stereocenters. The lowest BCUT2D eigenvalue weighted by Gasteiger charge is -2.37. The Morgan fingerprint density at radius 1 is 0.956 bits per heavy atom. The number of nitrogens with one attached hydrogen (secondary N) is 2. The van der Waals surface area contributed by atoms with Gasteiger partial charge in [-0.2, -0.15) is 13.2 Å². The number of amides is 1. The van der Waals surface area contributed by atoms with Gasteiger partial charge in [-0.3, -0.25) is 4.79 Å². The van der Waals surface area contributed by atoms with Gasteiger partial charge in [-0.1, -0.05) is 39.0 Å². The number of para-hydroxylation sites is 1. The minimum absolute atomic E-state index is 0.0819. The molecule has 10 heteroatoms. The van der Waals surface area contributed by atoms with Crippen LogP contribution in [0.4, 0.5) is 13.2 Å². The molecule has 1 aromatic heterocycles. The van der Waals surface area contributed by atoms with E-state index < -0.39 is 37.6 Å². The van der Waals surface area contributed by atoms with Gasteiger partial charge in [0.15, 0.2) is 19.8 Å². The fourth-order valence-electron chi connectivity index (χ4n) is 5.68. The fourth-order valence-corrected chi connectivity index (χ4v) is 6.73. The first-order chi connectivity index (χ1) is 21.1. The summed E-state index contributed by atoms with van der Waals surface area (Å²) in [4.78, 5) is 17.2. The van der Waals surface area contributed by atoms with E-state index in [9.17, 15) is 18.0 Å². The summed E-state index contributed by atoms with van der Waals surface area (Å²) in [6.07, 6.45) is -1.50. The number of hydrogen-bond donors (Lipinski definition) is 2. The van der Waals surface area contributed by atoms with Crippen LogP contribution in [0, 0.1) is 0 Å². The molecule has 1 heterocycles. The second-order valence-electron chi connectivity index (χ2n) is 13.2. The average molecular weight is 639 g/mol. The van der Waals surface area contributed by atoms with E-state index in [1.165, 1.54) is 13.2 Å². The number of methoxy groups -OCH3 is 2. The third-order valence-corrected chi connectivity index (χ3v) is 13.8. The van der Waals surface area contributed by atoms with Crippen LogP contribution in [0.2, 0.25) is 18.1 Å². The van der Waals surface area contributed by atoms with Crippen LogP contribution in [0.25, 0.3) is 22.0 Å².